The maximum atomic E-state index is 12.6. The van der Waals surface area contributed by atoms with Crippen LogP contribution in [0.15, 0.2) is 59.5 Å². The van der Waals surface area contributed by atoms with Crippen LogP contribution in [0.2, 0.25) is 0 Å². The second-order valence-corrected chi connectivity index (χ2v) is 9.17. The van der Waals surface area contributed by atoms with E-state index in [2.05, 4.69) is 5.32 Å². The summed E-state index contributed by atoms with van der Waals surface area (Å²) in [5.74, 6) is -0.165. The van der Waals surface area contributed by atoms with Gasteiger partial charge in [-0.3, -0.25) is 4.79 Å². The van der Waals surface area contributed by atoms with E-state index < -0.39 is 9.84 Å². The average Bonchev–Trinajstić information content (AvgIpc) is 2.58. The number of sulfone groups is 1. The van der Waals surface area contributed by atoms with E-state index >= 15 is 0 Å². The normalized spacial score (nSPS) is 11.4. The van der Waals surface area contributed by atoms with Crippen LogP contribution in [-0.2, 0) is 14.6 Å². The van der Waals surface area contributed by atoms with Crippen molar-refractivity contribution in [2.24, 2.45) is 0 Å². The number of nitrogens with zero attached hydrogens (tertiary/aromatic N) is 1. The van der Waals surface area contributed by atoms with Crippen LogP contribution >= 0.6 is 0 Å². The number of hydrogen-bond acceptors (Lipinski definition) is 4. The number of rotatable bonds is 5. The summed E-state index contributed by atoms with van der Waals surface area (Å²) >= 11 is 0. The minimum Gasteiger partial charge on any atom is -0.365 e. The van der Waals surface area contributed by atoms with Gasteiger partial charge in [0.15, 0.2) is 9.84 Å². The first kappa shape index (κ1) is 19.9. The molecule has 0 aliphatic carbocycles. The molecular formula is C22H24N2O3S. The number of likely N-dealkylation sites (N-methyl/N-ethyl adjacent to an activating group) is 1. The lowest BCUT2D eigenvalue weighted by atomic mass is 10.1. The Morgan fingerprint density at radius 3 is 2.21 bits per heavy atom. The van der Waals surface area contributed by atoms with Gasteiger partial charge in [0.25, 0.3) is 0 Å². The molecule has 0 atom stereocenters. The molecule has 3 aromatic rings. The number of carbonyl (C=O) groups is 1. The van der Waals surface area contributed by atoms with Crippen LogP contribution in [0.25, 0.3) is 10.8 Å². The van der Waals surface area contributed by atoms with E-state index in [1.54, 1.807) is 24.1 Å². The summed E-state index contributed by atoms with van der Waals surface area (Å²) in [5.41, 5.74) is 3.62. The zero-order valence-corrected chi connectivity index (χ0v) is 17.3. The van der Waals surface area contributed by atoms with E-state index in [1.165, 1.54) is 6.26 Å². The number of aryl methyl sites for hydroxylation is 2. The van der Waals surface area contributed by atoms with Crippen molar-refractivity contribution in [1.29, 1.82) is 0 Å². The maximum absolute atomic E-state index is 12.6. The predicted molar refractivity (Wildman–Crippen MR) is 115 cm³/mol. The van der Waals surface area contributed by atoms with Crippen LogP contribution in [0, 0.1) is 13.8 Å². The van der Waals surface area contributed by atoms with Crippen LogP contribution in [0.3, 0.4) is 0 Å². The van der Waals surface area contributed by atoms with Gasteiger partial charge >= 0.3 is 0 Å². The Morgan fingerprint density at radius 1 is 1.00 bits per heavy atom. The van der Waals surface area contributed by atoms with E-state index in [0.29, 0.717) is 11.1 Å². The first-order valence-corrected chi connectivity index (χ1v) is 10.9. The summed E-state index contributed by atoms with van der Waals surface area (Å²) < 4.78 is 24.5. The largest absolute Gasteiger partial charge is 0.365 e. The Morgan fingerprint density at radius 2 is 1.61 bits per heavy atom. The number of hydrogen-bond donors (Lipinski definition) is 1. The number of amides is 1. The smallest absolute Gasteiger partial charge is 0.243 e. The highest BCUT2D eigenvalue weighted by Gasteiger charge is 2.17. The van der Waals surface area contributed by atoms with Crippen LogP contribution in [-0.4, -0.2) is 34.2 Å². The summed E-state index contributed by atoms with van der Waals surface area (Å²) in [4.78, 5) is 14.6. The van der Waals surface area contributed by atoms with Gasteiger partial charge in [-0.1, -0.05) is 30.3 Å². The van der Waals surface area contributed by atoms with Crippen LogP contribution in [0.4, 0.5) is 11.4 Å². The molecule has 0 aliphatic rings. The van der Waals surface area contributed by atoms with Crippen molar-refractivity contribution in [3.63, 3.8) is 0 Å². The predicted octanol–water partition coefficient (Wildman–Crippen LogP) is 3.94. The van der Waals surface area contributed by atoms with Gasteiger partial charge in [-0.2, -0.15) is 0 Å². The fraction of sp³-hybridized carbons (Fsp3) is 0.227. The second-order valence-electron chi connectivity index (χ2n) is 7.18. The second kappa shape index (κ2) is 7.64. The van der Waals surface area contributed by atoms with Crippen molar-refractivity contribution in [1.82, 2.24) is 0 Å². The molecule has 28 heavy (non-hydrogen) atoms. The maximum Gasteiger partial charge on any atom is 0.243 e. The Labute approximate surface area is 165 Å². The van der Waals surface area contributed by atoms with Gasteiger partial charge in [0.1, 0.15) is 0 Å². The van der Waals surface area contributed by atoms with Gasteiger partial charge in [0.2, 0.25) is 5.91 Å². The van der Waals surface area contributed by atoms with E-state index in [1.807, 2.05) is 56.3 Å². The SMILES string of the molecule is Cc1cc(C)cc(NC(=O)CN(C)c2cccc3cccc(S(C)(=O)=O)c23)c1. The molecular weight excluding hydrogens is 372 g/mol. The molecule has 1 N–H and O–H groups in total. The van der Waals surface area contributed by atoms with E-state index in [0.717, 1.165) is 22.2 Å². The third-order valence-corrected chi connectivity index (χ3v) is 5.68. The molecule has 3 rings (SSSR count). The van der Waals surface area contributed by atoms with Gasteiger partial charge in [0, 0.05) is 30.1 Å². The molecule has 3 aromatic carbocycles. The van der Waals surface area contributed by atoms with Crippen molar-refractivity contribution >= 4 is 37.9 Å². The van der Waals surface area contributed by atoms with Crippen LogP contribution in [0.5, 0.6) is 0 Å². The van der Waals surface area contributed by atoms with Crippen molar-refractivity contribution in [3.8, 4) is 0 Å². The lowest BCUT2D eigenvalue weighted by molar-refractivity contribution is -0.114. The van der Waals surface area contributed by atoms with Crippen molar-refractivity contribution in [3.05, 3.63) is 65.7 Å². The molecule has 0 aliphatic heterocycles. The third kappa shape index (κ3) is 4.34. The Kier molecular flexibility index (Phi) is 5.42. The van der Waals surface area contributed by atoms with E-state index in [4.69, 9.17) is 0 Å². The summed E-state index contributed by atoms with van der Waals surface area (Å²) in [6.07, 6.45) is 1.20. The Balaban J connectivity index is 1.91. The number of benzene rings is 3. The molecule has 6 heteroatoms. The molecule has 0 unspecified atom stereocenters. The average molecular weight is 397 g/mol. The molecule has 0 heterocycles. The standard InChI is InChI=1S/C22H24N2O3S/c1-15-11-16(2)13-18(12-15)23-21(25)14-24(3)19-9-5-7-17-8-6-10-20(22(17)19)28(4,26)27/h5-13H,14H2,1-4H3,(H,23,25). The summed E-state index contributed by atoms with van der Waals surface area (Å²) in [6, 6.07) is 16.7. The summed E-state index contributed by atoms with van der Waals surface area (Å²) in [7, 11) is -1.61. The summed E-state index contributed by atoms with van der Waals surface area (Å²) in [6.45, 7) is 4.07. The molecule has 0 aromatic heterocycles. The molecule has 0 saturated heterocycles. The summed E-state index contributed by atoms with van der Waals surface area (Å²) in [5, 5.41) is 4.37. The topological polar surface area (TPSA) is 66.5 Å². The Hall–Kier alpha value is -2.86. The Bertz CT molecular complexity index is 1130. The molecule has 0 radical (unpaired) electrons. The molecule has 0 saturated carbocycles. The van der Waals surface area contributed by atoms with Gasteiger partial charge < -0.3 is 10.2 Å². The van der Waals surface area contributed by atoms with Crippen molar-refractivity contribution in [2.45, 2.75) is 18.7 Å². The van der Waals surface area contributed by atoms with Crippen LogP contribution < -0.4 is 10.2 Å². The quantitative estimate of drug-likeness (QED) is 0.709. The highest BCUT2D eigenvalue weighted by atomic mass is 32.2. The molecule has 1 amide bonds. The highest BCUT2D eigenvalue weighted by Crippen LogP contribution is 2.32. The first-order valence-electron chi connectivity index (χ1n) is 8.96. The fourth-order valence-corrected chi connectivity index (χ4v) is 4.38. The van der Waals surface area contributed by atoms with Gasteiger partial charge in [-0.05, 0) is 54.6 Å². The zero-order chi connectivity index (χ0) is 20.5. The van der Waals surface area contributed by atoms with Gasteiger partial charge in [0.05, 0.1) is 11.4 Å². The fourth-order valence-electron chi connectivity index (χ4n) is 3.46. The molecule has 0 spiro atoms. The lowest BCUT2D eigenvalue weighted by Crippen LogP contribution is -2.30. The first-order chi connectivity index (χ1) is 13.1. The molecule has 5 nitrogen and oxygen atoms in total. The van der Waals surface area contributed by atoms with Gasteiger partial charge in [-0.25, -0.2) is 8.42 Å². The zero-order valence-electron chi connectivity index (χ0n) is 16.5. The third-order valence-electron chi connectivity index (χ3n) is 4.54. The van der Waals surface area contributed by atoms with E-state index in [9.17, 15) is 13.2 Å². The molecule has 0 bridgehead atoms. The van der Waals surface area contributed by atoms with Crippen molar-refractivity contribution in [2.75, 3.05) is 30.1 Å². The number of carbonyl (C=O) groups excluding carboxylic acids is 1. The molecule has 146 valence electrons. The minimum atomic E-state index is -3.40. The number of anilines is 2. The number of nitrogens with one attached hydrogen (secondary N) is 1. The number of fused-ring (bicyclic) bond motifs is 1. The van der Waals surface area contributed by atoms with Crippen molar-refractivity contribution < 1.29 is 13.2 Å². The molecule has 0 fully saturated rings. The van der Waals surface area contributed by atoms with Crippen LogP contribution in [0.1, 0.15) is 11.1 Å². The van der Waals surface area contributed by atoms with E-state index in [-0.39, 0.29) is 17.3 Å². The van der Waals surface area contributed by atoms with Gasteiger partial charge in [-0.15, -0.1) is 0 Å². The lowest BCUT2D eigenvalue weighted by Gasteiger charge is -2.22. The monoisotopic (exact) mass is 396 g/mol. The highest BCUT2D eigenvalue weighted by molar-refractivity contribution is 7.91. The minimum absolute atomic E-state index is 0.101.